The first-order valence-electron chi connectivity index (χ1n) is 27.4. The molecule has 6 nitrogen and oxygen atoms in total. The van der Waals surface area contributed by atoms with Crippen LogP contribution in [0.25, 0.3) is 0 Å². The van der Waals surface area contributed by atoms with E-state index < -0.39 is 12.1 Å². The van der Waals surface area contributed by atoms with Crippen molar-refractivity contribution in [3.05, 3.63) is 72.9 Å². The fourth-order valence-electron chi connectivity index (χ4n) is 7.56. The third-order valence-electron chi connectivity index (χ3n) is 11.7. The van der Waals surface area contributed by atoms with Crippen molar-refractivity contribution in [3.63, 3.8) is 0 Å². The van der Waals surface area contributed by atoms with Crippen LogP contribution in [0.1, 0.15) is 265 Å². The van der Waals surface area contributed by atoms with Crippen LogP contribution in [0.2, 0.25) is 0 Å². The molecule has 0 aliphatic carbocycles. The Morgan fingerprint density at radius 3 is 1.02 bits per heavy atom. The predicted molar refractivity (Wildman–Crippen MR) is 279 cm³/mol. The highest BCUT2D eigenvalue weighted by atomic mass is 16.6. The minimum atomic E-state index is -0.816. The van der Waals surface area contributed by atoms with E-state index in [0.717, 1.165) is 77.0 Å². The molecule has 0 heterocycles. The Bertz CT molecular complexity index is 1230. The van der Waals surface area contributed by atoms with Crippen molar-refractivity contribution < 1.29 is 28.6 Å². The van der Waals surface area contributed by atoms with Crippen molar-refractivity contribution in [2.75, 3.05) is 13.2 Å². The lowest BCUT2D eigenvalue weighted by Crippen LogP contribution is -2.30. The molecule has 1 atom stereocenters. The zero-order valence-electron chi connectivity index (χ0n) is 42.7. The van der Waals surface area contributed by atoms with Crippen molar-refractivity contribution in [3.8, 4) is 0 Å². The lowest BCUT2D eigenvalue weighted by atomic mass is 10.1. The molecule has 1 unspecified atom stereocenters. The molecule has 0 saturated carbocycles. The number of allylic oxidation sites excluding steroid dienone is 12. The van der Waals surface area contributed by atoms with E-state index in [0.29, 0.717) is 19.3 Å². The Kier molecular flexibility index (Phi) is 50.9. The second-order valence-electron chi connectivity index (χ2n) is 18.1. The molecule has 0 aromatic carbocycles. The van der Waals surface area contributed by atoms with Crippen LogP contribution in [0.5, 0.6) is 0 Å². The highest BCUT2D eigenvalue weighted by molar-refractivity contribution is 5.71. The van der Waals surface area contributed by atoms with Crippen molar-refractivity contribution in [1.29, 1.82) is 0 Å². The number of carbonyl (C=O) groups excluding carboxylic acids is 3. The summed E-state index contributed by atoms with van der Waals surface area (Å²) in [5.41, 5.74) is 0. The Labute approximate surface area is 402 Å². The van der Waals surface area contributed by atoms with E-state index in [1.165, 1.54) is 141 Å². The highest BCUT2D eigenvalue weighted by Gasteiger charge is 2.19. The van der Waals surface area contributed by atoms with Gasteiger partial charge in [-0.1, -0.05) is 222 Å². The van der Waals surface area contributed by atoms with Crippen LogP contribution in [0.15, 0.2) is 72.9 Å². The quantitative estimate of drug-likeness (QED) is 0.0262. The van der Waals surface area contributed by atoms with E-state index in [4.69, 9.17) is 14.2 Å². The van der Waals surface area contributed by atoms with Crippen molar-refractivity contribution >= 4 is 17.9 Å². The minimum absolute atomic E-state index is 0.107. The van der Waals surface area contributed by atoms with Crippen molar-refractivity contribution in [1.82, 2.24) is 0 Å². The van der Waals surface area contributed by atoms with Crippen LogP contribution < -0.4 is 0 Å². The van der Waals surface area contributed by atoms with E-state index in [9.17, 15) is 14.4 Å². The number of unbranched alkanes of at least 4 members (excludes halogenated alkanes) is 26. The lowest BCUT2D eigenvalue weighted by molar-refractivity contribution is -0.166. The van der Waals surface area contributed by atoms with Crippen LogP contribution in [0, 0.1) is 0 Å². The number of hydrogen-bond donors (Lipinski definition) is 0. The topological polar surface area (TPSA) is 78.9 Å². The molecule has 0 fully saturated rings. The summed E-state index contributed by atoms with van der Waals surface area (Å²) in [5, 5.41) is 0. The first-order valence-corrected chi connectivity index (χ1v) is 27.4. The molecule has 0 amide bonds. The summed E-state index contributed by atoms with van der Waals surface area (Å²) in [6.45, 7) is 6.45. The molecule has 0 aliphatic heterocycles. The average Bonchev–Trinajstić information content (AvgIpc) is 3.30. The first-order chi connectivity index (χ1) is 32.0. The predicted octanol–water partition coefficient (Wildman–Crippen LogP) is 18.2. The van der Waals surface area contributed by atoms with E-state index in [2.05, 4.69) is 81.5 Å². The molecule has 0 saturated heterocycles. The summed E-state index contributed by atoms with van der Waals surface area (Å²) < 4.78 is 16.7. The molecule has 65 heavy (non-hydrogen) atoms. The fraction of sp³-hybridized carbons (Fsp3) is 0.746. The standard InChI is InChI=1S/C59H102O6/c1-4-7-10-13-16-19-22-25-26-27-28-29-30-31-32-35-37-40-43-46-49-52-58(61)64-55-56(65-59(62)53-50-47-44-41-38-34-24-21-18-15-12-9-6-3)54-63-57(60)51-48-45-42-39-36-33-23-20-17-14-11-8-5-2/h9,12,18,20-21,23,27-28,34,38,44,47,56H,4-8,10-11,13-17,19,22,24-26,29-33,35-37,39-43,45-46,48-55H2,1-3H3/b12-9-,21-18-,23-20-,28-27-,38-34-,47-44-. The fourth-order valence-corrected chi connectivity index (χ4v) is 7.56. The monoisotopic (exact) mass is 907 g/mol. The summed E-state index contributed by atoms with van der Waals surface area (Å²) in [6, 6.07) is 0. The molecule has 0 spiro atoms. The Morgan fingerprint density at radius 2 is 0.631 bits per heavy atom. The third kappa shape index (κ3) is 51.7. The van der Waals surface area contributed by atoms with Gasteiger partial charge in [-0.05, 0) is 96.3 Å². The van der Waals surface area contributed by atoms with E-state index in [1.807, 2.05) is 12.2 Å². The van der Waals surface area contributed by atoms with Gasteiger partial charge in [-0.2, -0.15) is 0 Å². The maximum atomic E-state index is 12.8. The van der Waals surface area contributed by atoms with Gasteiger partial charge in [-0.3, -0.25) is 14.4 Å². The number of carbonyl (C=O) groups is 3. The van der Waals surface area contributed by atoms with Gasteiger partial charge in [-0.25, -0.2) is 0 Å². The number of ether oxygens (including phenoxy) is 3. The van der Waals surface area contributed by atoms with Crippen LogP contribution in [0.3, 0.4) is 0 Å². The maximum absolute atomic E-state index is 12.8. The van der Waals surface area contributed by atoms with Gasteiger partial charge in [0.2, 0.25) is 0 Å². The normalized spacial score (nSPS) is 12.6. The Balaban J connectivity index is 4.38. The van der Waals surface area contributed by atoms with Gasteiger partial charge in [0.25, 0.3) is 0 Å². The molecular formula is C59H102O6. The van der Waals surface area contributed by atoms with Gasteiger partial charge < -0.3 is 14.2 Å². The Morgan fingerprint density at radius 1 is 0.323 bits per heavy atom. The molecular weight excluding hydrogens is 805 g/mol. The number of esters is 3. The van der Waals surface area contributed by atoms with Gasteiger partial charge in [0.15, 0.2) is 6.10 Å². The molecule has 0 radical (unpaired) electrons. The first kappa shape index (κ1) is 61.9. The molecule has 0 aromatic heterocycles. The summed E-state index contributed by atoms with van der Waals surface area (Å²) in [5.74, 6) is -0.997. The minimum Gasteiger partial charge on any atom is -0.462 e. The molecule has 0 N–H and O–H groups in total. The largest absolute Gasteiger partial charge is 0.462 e. The second-order valence-corrected chi connectivity index (χ2v) is 18.1. The summed E-state index contributed by atoms with van der Waals surface area (Å²) in [4.78, 5) is 38.0. The summed E-state index contributed by atoms with van der Waals surface area (Å²) >= 11 is 0. The smallest absolute Gasteiger partial charge is 0.306 e. The molecule has 6 heteroatoms. The molecule has 0 bridgehead atoms. The van der Waals surface area contributed by atoms with Gasteiger partial charge >= 0.3 is 17.9 Å². The van der Waals surface area contributed by atoms with E-state index in [1.54, 1.807) is 0 Å². The van der Waals surface area contributed by atoms with Gasteiger partial charge in [0.05, 0.1) is 0 Å². The Hall–Kier alpha value is -3.15. The molecule has 374 valence electrons. The van der Waals surface area contributed by atoms with E-state index >= 15 is 0 Å². The zero-order valence-corrected chi connectivity index (χ0v) is 42.7. The van der Waals surface area contributed by atoms with Crippen LogP contribution in [0.4, 0.5) is 0 Å². The SMILES string of the molecule is CC/C=C\C/C=C\C/C=C\C/C=C\CCC(=O)OC(COC(=O)CCCCCCC/C=C\CCCCCC)COC(=O)CCCCCCCCCCC/C=C\CCCCCCCCCC. The van der Waals surface area contributed by atoms with Crippen LogP contribution >= 0.6 is 0 Å². The van der Waals surface area contributed by atoms with Gasteiger partial charge in [0.1, 0.15) is 13.2 Å². The average molecular weight is 907 g/mol. The maximum Gasteiger partial charge on any atom is 0.306 e. The highest BCUT2D eigenvalue weighted by Crippen LogP contribution is 2.15. The number of hydrogen-bond acceptors (Lipinski definition) is 6. The second kappa shape index (κ2) is 53.5. The van der Waals surface area contributed by atoms with E-state index in [-0.39, 0.29) is 31.6 Å². The number of rotatable bonds is 49. The molecule has 0 aliphatic rings. The van der Waals surface area contributed by atoms with Crippen molar-refractivity contribution in [2.24, 2.45) is 0 Å². The van der Waals surface area contributed by atoms with Gasteiger partial charge in [0, 0.05) is 19.3 Å². The zero-order chi connectivity index (χ0) is 47.2. The molecule has 0 aromatic rings. The molecule has 0 rings (SSSR count). The third-order valence-corrected chi connectivity index (χ3v) is 11.7. The van der Waals surface area contributed by atoms with Crippen LogP contribution in [-0.2, 0) is 28.6 Å². The van der Waals surface area contributed by atoms with Gasteiger partial charge in [-0.15, -0.1) is 0 Å². The van der Waals surface area contributed by atoms with Crippen LogP contribution in [-0.4, -0.2) is 37.2 Å². The summed E-state index contributed by atoms with van der Waals surface area (Å²) in [6.07, 6.45) is 67.7. The summed E-state index contributed by atoms with van der Waals surface area (Å²) in [7, 11) is 0. The lowest BCUT2D eigenvalue weighted by Gasteiger charge is -2.18. The van der Waals surface area contributed by atoms with Crippen molar-refractivity contribution in [2.45, 2.75) is 271 Å².